The van der Waals surface area contributed by atoms with Crippen molar-refractivity contribution >= 4 is 22.4 Å². The maximum atomic E-state index is 12.5. The molecule has 2 saturated heterocycles. The number of hydrogen-bond donors (Lipinski definition) is 1. The fraction of sp³-hybridized carbons (Fsp3) is 0.450. The molecule has 2 aliphatic rings. The minimum Gasteiger partial charge on any atom is -0.379 e. The van der Waals surface area contributed by atoms with Crippen molar-refractivity contribution in [2.24, 2.45) is 0 Å². The van der Waals surface area contributed by atoms with Gasteiger partial charge in [0, 0.05) is 42.6 Å². The third-order valence-corrected chi connectivity index (χ3v) is 5.38. The smallest absolute Gasteiger partial charge is 0.237 e. The van der Waals surface area contributed by atoms with E-state index in [2.05, 4.69) is 33.4 Å². The number of nitrogens with zero attached hydrogens (tertiary/aromatic N) is 4. The van der Waals surface area contributed by atoms with E-state index in [1.807, 2.05) is 24.5 Å². The lowest BCUT2D eigenvalue weighted by Crippen LogP contribution is -2.42. The lowest BCUT2D eigenvalue weighted by atomic mass is 10.1. The maximum Gasteiger partial charge on any atom is 0.237 e. The van der Waals surface area contributed by atoms with E-state index >= 15 is 0 Å². The molecule has 0 radical (unpaired) electrons. The summed E-state index contributed by atoms with van der Waals surface area (Å²) in [5.74, 6) is 0.0847. The topological polar surface area (TPSA) is 72.3 Å². The first-order valence-electron chi connectivity index (χ1n) is 9.25. The van der Waals surface area contributed by atoms with Crippen molar-refractivity contribution in [1.82, 2.24) is 14.8 Å². The highest BCUT2D eigenvalue weighted by Gasteiger charge is 2.31. The molecule has 2 fully saturated rings. The van der Waals surface area contributed by atoms with E-state index < -0.39 is 0 Å². The van der Waals surface area contributed by atoms with Gasteiger partial charge in [0.15, 0.2) is 0 Å². The van der Waals surface area contributed by atoms with Crippen LogP contribution in [0.15, 0.2) is 36.7 Å². The van der Waals surface area contributed by atoms with Crippen molar-refractivity contribution in [3.8, 4) is 6.07 Å². The highest BCUT2D eigenvalue weighted by molar-refractivity contribution is 5.92. The fourth-order valence-electron chi connectivity index (χ4n) is 4.03. The molecule has 1 N–H and O–H groups in total. The molecular formula is C20H23N5O. The highest BCUT2D eigenvalue weighted by atomic mass is 16.2. The Bertz CT molecular complexity index is 840. The molecule has 134 valence electrons. The predicted molar refractivity (Wildman–Crippen MR) is 101 cm³/mol. The molecule has 1 aromatic heterocycles. The highest BCUT2D eigenvalue weighted by Crippen LogP contribution is 2.24. The van der Waals surface area contributed by atoms with Crippen LogP contribution in [0.5, 0.6) is 0 Å². The largest absolute Gasteiger partial charge is 0.379 e. The Morgan fingerprint density at radius 2 is 2.15 bits per heavy atom. The van der Waals surface area contributed by atoms with Gasteiger partial charge in [-0.3, -0.25) is 14.7 Å². The minimum absolute atomic E-state index is 0.0847. The van der Waals surface area contributed by atoms with Crippen LogP contribution in [0.25, 0.3) is 10.8 Å². The Balaban J connectivity index is 1.37. The number of nitrogens with one attached hydrogen (secondary N) is 1. The number of anilines is 1. The second kappa shape index (κ2) is 7.30. The Morgan fingerprint density at radius 1 is 1.27 bits per heavy atom. The second-order valence-electron chi connectivity index (χ2n) is 7.15. The molecule has 0 aliphatic carbocycles. The molecule has 3 heterocycles. The van der Waals surface area contributed by atoms with Gasteiger partial charge in [0.2, 0.25) is 5.91 Å². The number of carbonyl (C=O) groups is 1. The number of fused-ring (bicyclic) bond motifs is 1. The molecule has 1 aromatic carbocycles. The van der Waals surface area contributed by atoms with Crippen LogP contribution in [0.4, 0.5) is 5.69 Å². The van der Waals surface area contributed by atoms with Gasteiger partial charge in [-0.2, -0.15) is 5.26 Å². The van der Waals surface area contributed by atoms with Crippen LogP contribution in [-0.2, 0) is 4.79 Å². The molecule has 2 aromatic rings. The van der Waals surface area contributed by atoms with Crippen LogP contribution in [0.1, 0.15) is 19.3 Å². The van der Waals surface area contributed by atoms with Crippen molar-refractivity contribution in [2.75, 3.05) is 31.5 Å². The summed E-state index contributed by atoms with van der Waals surface area (Å²) in [5.41, 5.74) is 1.05. The number of benzene rings is 1. The number of amides is 1. The van der Waals surface area contributed by atoms with Crippen LogP contribution in [0.3, 0.4) is 0 Å². The molecule has 0 spiro atoms. The number of nitriles is 1. The minimum atomic E-state index is -0.235. The van der Waals surface area contributed by atoms with Gasteiger partial charge in [0.25, 0.3) is 0 Å². The normalized spacial score (nSPS) is 23.3. The summed E-state index contributed by atoms with van der Waals surface area (Å²) in [6.07, 6.45) is 6.49. The number of rotatable bonds is 4. The van der Waals surface area contributed by atoms with Gasteiger partial charge < -0.3 is 10.2 Å². The summed E-state index contributed by atoms with van der Waals surface area (Å²) >= 11 is 0. The fourth-order valence-corrected chi connectivity index (χ4v) is 4.03. The third-order valence-electron chi connectivity index (χ3n) is 5.38. The lowest BCUT2D eigenvalue weighted by Gasteiger charge is -2.23. The first-order valence-corrected chi connectivity index (χ1v) is 9.25. The van der Waals surface area contributed by atoms with Crippen molar-refractivity contribution in [2.45, 2.75) is 31.3 Å². The average molecular weight is 349 g/mol. The van der Waals surface area contributed by atoms with E-state index in [1.165, 1.54) is 5.39 Å². The first-order chi connectivity index (χ1) is 12.7. The standard InChI is InChI=1S/C20H23N5O/c21-10-17-5-3-8-25(17)20(26)14-24-9-7-16(13-24)23-19-12-22-11-15-4-1-2-6-18(15)19/h1-2,4,6,11-12,16-17,23H,3,5,7-9,13-14H2/t16-,17?/m0/s1. The molecule has 0 saturated carbocycles. The number of carbonyl (C=O) groups excluding carboxylic acids is 1. The number of pyridine rings is 1. The summed E-state index contributed by atoms with van der Waals surface area (Å²) in [7, 11) is 0. The van der Waals surface area contributed by atoms with Crippen molar-refractivity contribution in [1.29, 1.82) is 5.26 Å². The maximum absolute atomic E-state index is 12.5. The molecule has 2 aliphatic heterocycles. The van der Waals surface area contributed by atoms with Gasteiger partial charge in [-0.15, -0.1) is 0 Å². The van der Waals surface area contributed by atoms with Gasteiger partial charge in [0.05, 0.1) is 24.5 Å². The zero-order chi connectivity index (χ0) is 17.9. The van der Waals surface area contributed by atoms with Gasteiger partial charge in [-0.05, 0) is 19.3 Å². The van der Waals surface area contributed by atoms with Crippen molar-refractivity contribution in [3.63, 3.8) is 0 Å². The summed E-state index contributed by atoms with van der Waals surface area (Å²) in [5, 5.41) is 15.1. The summed E-state index contributed by atoms with van der Waals surface area (Å²) in [4.78, 5) is 20.8. The van der Waals surface area contributed by atoms with Gasteiger partial charge in [-0.1, -0.05) is 24.3 Å². The van der Waals surface area contributed by atoms with E-state index in [0.717, 1.165) is 43.4 Å². The summed E-state index contributed by atoms with van der Waals surface area (Å²) < 4.78 is 0. The molecule has 1 unspecified atom stereocenters. The molecule has 2 atom stereocenters. The summed E-state index contributed by atoms with van der Waals surface area (Å²) in [6, 6.07) is 10.5. The van der Waals surface area contributed by atoms with Crippen molar-refractivity contribution < 1.29 is 4.79 Å². The van der Waals surface area contributed by atoms with E-state index in [1.54, 1.807) is 4.90 Å². The van der Waals surface area contributed by atoms with E-state index in [9.17, 15) is 4.79 Å². The molecule has 6 nitrogen and oxygen atoms in total. The zero-order valence-corrected chi connectivity index (χ0v) is 14.8. The Hall–Kier alpha value is -2.65. The molecule has 4 rings (SSSR count). The predicted octanol–water partition coefficient (Wildman–Crippen LogP) is 2.24. The van der Waals surface area contributed by atoms with Crippen LogP contribution < -0.4 is 5.32 Å². The van der Waals surface area contributed by atoms with Crippen LogP contribution in [0.2, 0.25) is 0 Å². The Labute approximate surface area is 153 Å². The summed E-state index contributed by atoms with van der Waals surface area (Å²) in [6.45, 7) is 2.85. The number of likely N-dealkylation sites (tertiary alicyclic amines) is 2. The first kappa shape index (κ1) is 16.8. The van der Waals surface area contributed by atoms with Gasteiger partial charge in [-0.25, -0.2) is 0 Å². The lowest BCUT2D eigenvalue weighted by molar-refractivity contribution is -0.132. The monoisotopic (exact) mass is 349 g/mol. The van der Waals surface area contributed by atoms with E-state index in [0.29, 0.717) is 19.1 Å². The number of hydrogen-bond acceptors (Lipinski definition) is 5. The SMILES string of the molecule is N#CC1CCCN1C(=O)CN1CC[C@H](Nc2cncc3ccccc23)C1. The average Bonchev–Trinajstić information content (AvgIpc) is 3.31. The quantitative estimate of drug-likeness (QED) is 0.916. The molecule has 1 amide bonds. The third kappa shape index (κ3) is 3.35. The van der Waals surface area contributed by atoms with Crippen molar-refractivity contribution in [3.05, 3.63) is 36.7 Å². The van der Waals surface area contributed by atoms with E-state index in [-0.39, 0.29) is 11.9 Å². The molecule has 26 heavy (non-hydrogen) atoms. The molecule has 0 bridgehead atoms. The van der Waals surface area contributed by atoms with Gasteiger partial charge >= 0.3 is 0 Å². The Kier molecular flexibility index (Phi) is 4.72. The van der Waals surface area contributed by atoms with Crippen LogP contribution >= 0.6 is 0 Å². The van der Waals surface area contributed by atoms with Crippen LogP contribution in [-0.4, -0.2) is 59.0 Å². The number of aromatic nitrogens is 1. The zero-order valence-electron chi connectivity index (χ0n) is 14.8. The van der Waals surface area contributed by atoms with Gasteiger partial charge in [0.1, 0.15) is 6.04 Å². The molecular weight excluding hydrogens is 326 g/mol. The molecule has 6 heteroatoms. The van der Waals surface area contributed by atoms with E-state index in [4.69, 9.17) is 5.26 Å². The van der Waals surface area contributed by atoms with Crippen LogP contribution in [0, 0.1) is 11.3 Å². The second-order valence-corrected chi connectivity index (χ2v) is 7.15. The Morgan fingerprint density at radius 3 is 3.04 bits per heavy atom.